The molecule has 2 aromatic carbocycles. The number of fused-ring (bicyclic) bond motifs is 1. The van der Waals surface area contributed by atoms with Crippen molar-refractivity contribution in [3.63, 3.8) is 0 Å². The third kappa shape index (κ3) is 8.29. The lowest BCUT2D eigenvalue weighted by Gasteiger charge is -2.28. The van der Waals surface area contributed by atoms with Crippen LogP contribution in [0.1, 0.15) is 18.4 Å². The second-order valence-electron chi connectivity index (χ2n) is 8.39. The third-order valence-electron chi connectivity index (χ3n) is 5.74. The molecule has 3 rings (SSSR count). The van der Waals surface area contributed by atoms with Crippen molar-refractivity contribution in [3.05, 3.63) is 71.1 Å². The quantitative estimate of drug-likeness (QED) is 0.290. The van der Waals surface area contributed by atoms with E-state index in [-0.39, 0.29) is 50.1 Å². The molecule has 3 aromatic rings. The molecule has 10 nitrogen and oxygen atoms in total. The van der Waals surface area contributed by atoms with E-state index in [0.717, 1.165) is 10.8 Å². The number of hydrogen-bond donors (Lipinski definition) is 4. The first kappa shape index (κ1) is 28.6. The first-order valence-corrected chi connectivity index (χ1v) is 12.3. The Balaban J connectivity index is 1.61. The molecular weight excluding hydrogens is 517 g/mol. The molecule has 1 aromatic heterocycles. The van der Waals surface area contributed by atoms with Gasteiger partial charge >= 0.3 is 12.1 Å². The SMILES string of the molecule is CN(C(=O)NCc1cccc(F)c1Cl)[C@@H](CCC(=O)NCCO)COC(=O)Nc1cc2ccccc2cn1. The molecule has 0 saturated carbocycles. The van der Waals surface area contributed by atoms with Crippen molar-refractivity contribution in [2.24, 2.45) is 0 Å². The normalized spacial score (nSPS) is 11.5. The number of carbonyl (C=O) groups is 3. The van der Waals surface area contributed by atoms with Gasteiger partial charge in [-0.05, 0) is 29.5 Å². The highest BCUT2D eigenvalue weighted by Gasteiger charge is 2.23. The maximum atomic E-state index is 13.7. The Morgan fingerprint density at radius 2 is 1.89 bits per heavy atom. The topological polar surface area (TPSA) is 133 Å². The van der Waals surface area contributed by atoms with Gasteiger partial charge in [0.25, 0.3) is 0 Å². The van der Waals surface area contributed by atoms with Gasteiger partial charge in [-0.1, -0.05) is 48.0 Å². The maximum Gasteiger partial charge on any atom is 0.412 e. The van der Waals surface area contributed by atoms with E-state index < -0.39 is 24.0 Å². The van der Waals surface area contributed by atoms with Crippen LogP contribution in [0.2, 0.25) is 5.02 Å². The molecule has 0 aliphatic heterocycles. The number of ether oxygens (including phenoxy) is 1. The largest absolute Gasteiger partial charge is 0.447 e. The van der Waals surface area contributed by atoms with Gasteiger partial charge in [-0.2, -0.15) is 0 Å². The number of benzene rings is 2. The molecule has 0 spiro atoms. The van der Waals surface area contributed by atoms with Crippen molar-refractivity contribution >= 4 is 46.2 Å². The fourth-order valence-electron chi connectivity index (χ4n) is 3.58. The number of nitrogens with zero attached hydrogens (tertiary/aromatic N) is 2. The average Bonchev–Trinajstić information content (AvgIpc) is 2.92. The van der Waals surface area contributed by atoms with Gasteiger partial charge in [0.05, 0.1) is 17.7 Å². The molecule has 1 heterocycles. The van der Waals surface area contributed by atoms with E-state index >= 15 is 0 Å². The van der Waals surface area contributed by atoms with Crippen molar-refractivity contribution in [1.82, 2.24) is 20.5 Å². The lowest BCUT2D eigenvalue weighted by atomic mass is 10.1. The first-order chi connectivity index (χ1) is 18.3. The number of hydrogen-bond acceptors (Lipinski definition) is 6. The molecule has 0 bridgehead atoms. The average molecular weight is 546 g/mol. The number of aromatic nitrogens is 1. The molecule has 1 atom stereocenters. The van der Waals surface area contributed by atoms with Crippen LogP contribution in [-0.2, 0) is 16.1 Å². The van der Waals surface area contributed by atoms with E-state index in [4.69, 9.17) is 21.4 Å². The van der Waals surface area contributed by atoms with E-state index in [1.165, 1.54) is 24.1 Å². The number of urea groups is 1. The number of anilines is 1. The molecule has 202 valence electrons. The van der Waals surface area contributed by atoms with Crippen LogP contribution in [0.25, 0.3) is 10.8 Å². The van der Waals surface area contributed by atoms with Crippen molar-refractivity contribution in [3.8, 4) is 0 Å². The molecule has 0 aliphatic carbocycles. The Kier molecular flexibility index (Phi) is 10.6. The van der Waals surface area contributed by atoms with Gasteiger partial charge in [-0.15, -0.1) is 0 Å². The number of aliphatic hydroxyl groups is 1. The second-order valence-corrected chi connectivity index (χ2v) is 8.77. The maximum absolute atomic E-state index is 13.7. The van der Waals surface area contributed by atoms with Crippen molar-refractivity contribution in [1.29, 1.82) is 0 Å². The van der Waals surface area contributed by atoms with Gasteiger partial charge in [-0.3, -0.25) is 10.1 Å². The number of amides is 4. The third-order valence-corrected chi connectivity index (χ3v) is 6.16. The Hall–Kier alpha value is -3.96. The summed E-state index contributed by atoms with van der Waals surface area (Å²) in [6.45, 7) is -0.339. The zero-order valence-electron chi connectivity index (χ0n) is 20.7. The summed E-state index contributed by atoms with van der Waals surface area (Å²) < 4.78 is 19.0. The molecule has 0 radical (unpaired) electrons. The lowest BCUT2D eigenvalue weighted by Crippen LogP contribution is -2.46. The van der Waals surface area contributed by atoms with Crippen LogP contribution < -0.4 is 16.0 Å². The Morgan fingerprint density at radius 1 is 1.13 bits per heavy atom. The van der Waals surface area contributed by atoms with Crippen LogP contribution in [0.4, 0.5) is 19.8 Å². The minimum atomic E-state index is -0.775. The number of likely N-dealkylation sites (N-methyl/N-ethyl adjacent to an activating group) is 1. The standard InChI is InChI=1S/C26H29ClFN5O5/c1-33(25(36)31-15-19-7-4-8-21(28)24(19)27)20(9-10-23(35)29-11-12-34)16-38-26(37)32-22-13-17-5-2-3-6-18(17)14-30-22/h2-8,13-14,20,34H,9-12,15-16H2,1H3,(H,29,35)(H,31,36)(H,30,32,37)/t20-/m0/s1. The van der Waals surface area contributed by atoms with E-state index in [2.05, 4.69) is 20.9 Å². The lowest BCUT2D eigenvalue weighted by molar-refractivity contribution is -0.121. The zero-order chi connectivity index (χ0) is 27.5. The monoisotopic (exact) mass is 545 g/mol. The number of pyridine rings is 1. The minimum Gasteiger partial charge on any atom is -0.447 e. The number of rotatable bonds is 11. The summed E-state index contributed by atoms with van der Waals surface area (Å²) in [6, 6.07) is 12.3. The number of halogens is 2. The van der Waals surface area contributed by atoms with Crippen molar-refractivity contribution in [2.75, 3.05) is 32.1 Å². The molecule has 0 aliphatic rings. The fraction of sp³-hybridized carbons (Fsp3) is 0.308. The molecule has 0 saturated heterocycles. The van der Waals surface area contributed by atoms with Crippen LogP contribution in [0.3, 0.4) is 0 Å². The van der Waals surface area contributed by atoms with Crippen LogP contribution >= 0.6 is 11.6 Å². The molecule has 4 amide bonds. The molecule has 38 heavy (non-hydrogen) atoms. The van der Waals surface area contributed by atoms with E-state index in [1.807, 2.05) is 24.3 Å². The summed E-state index contributed by atoms with van der Waals surface area (Å²) in [5.74, 6) is -0.625. The molecule has 0 unspecified atom stereocenters. The Morgan fingerprint density at radius 3 is 2.66 bits per heavy atom. The summed E-state index contributed by atoms with van der Waals surface area (Å²) in [5.41, 5.74) is 0.395. The van der Waals surface area contributed by atoms with Crippen molar-refractivity contribution < 1.29 is 28.6 Å². The van der Waals surface area contributed by atoms with Gasteiger partial charge < -0.3 is 25.4 Å². The fourth-order valence-corrected chi connectivity index (χ4v) is 3.77. The summed E-state index contributed by atoms with van der Waals surface area (Å²) in [4.78, 5) is 42.8. The molecular formula is C26H29ClFN5O5. The smallest absolute Gasteiger partial charge is 0.412 e. The van der Waals surface area contributed by atoms with Crippen LogP contribution in [0.5, 0.6) is 0 Å². The predicted octanol–water partition coefficient (Wildman–Crippen LogP) is 3.67. The Bertz CT molecular complexity index is 1280. The van der Waals surface area contributed by atoms with Gasteiger partial charge in [0.15, 0.2) is 0 Å². The van der Waals surface area contributed by atoms with E-state index in [0.29, 0.717) is 11.4 Å². The van der Waals surface area contributed by atoms with Gasteiger partial charge in [-0.25, -0.2) is 19.0 Å². The second kappa shape index (κ2) is 14.1. The highest BCUT2D eigenvalue weighted by atomic mass is 35.5. The van der Waals surface area contributed by atoms with Gasteiger partial charge in [0.2, 0.25) is 5.91 Å². The predicted molar refractivity (Wildman–Crippen MR) is 141 cm³/mol. The van der Waals surface area contributed by atoms with Gasteiger partial charge in [0.1, 0.15) is 18.2 Å². The molecule has 0 fully saturated rings. The summed E-state index contributed by atoms with van der Waals surface area (Å²) in [6.07, 6.45) is 1.04. The van der Waals surface area contributed by atoms with Crippen LogP contribution in [0.15, 0.2) is 54.7 Å². The van der Waals surface area contributed by atoms with Gasteiger partial charge in [0, 0.05) is 38.1 Å². The summed E-state index contributed by atoms with van der Waals surface area (Å²) >= 11 is 5.96. The molecule has 4 N–H and O–H groups in total. The van der Waals surface area contributed by atoms with Crippen LogP contribution in [-0.4, -0.2) is 65.9 Å². The highest BCUT2D eigenvalue weighted by molar-refractivity contribution is 6.31. The number of aliphatic hydroxyl groups excluding tert-OH is 1. The highest BCUT2D eigenvalue weighted by Crippen LogP contribution is 2.20. The Labute approximate surface area is 224 Å². The van der Waals surface area contributed by atoms with Crippen LogP contribution in [0, 0.1) is 5.82 Å². The number of carbonyl (C=O) groups excluding carboxylic acids is 3. The first-order valence-electron chi connectivity index (χ1n) is 11.9. The summed E-state index contributed by atoms with van der Waals surface area (Å²) in [5, 5.41) is 18.4. The number of nitrogens with one attached hydrogen (secondary N) is 3. The van der Waals surface area contributed by atoms with Crippen molar-refractivity contribution in [2.45, 2.75) is 25.4 Å². The summed E-state index contributed by atoms with van der Waals surface area (Å²) in [7, 11) is 1.49. The molecule has 12 heteroatoms. The minimum absolute atomic E-state index is 0.0230. The van der Waals surface area contributed by atoms with E-state index in [1.54, 1.807) is 18.3 Å². The zero-order valence-corrected chi connectivity index (χ0v) is 21.5. The van der Waals surface area contributed by atoms with E-state index in [9.17, 15) is 18.8 Å².